The highest BCUT2D eigenvalue weighted by molar-refractivity contribution is 5.59. The van der Waals surface area contributed by atoms with Gasteiger partial charge < -0.3 is 109 Å². The second kappa shape index (κ2) is 20.1. The van der Waals surface area contributed by atoms with Gasteiger partial charge in [-0.15, -0.1) is 0 Å². The van der Waals surface area contributed by atoms with Crippen molar-refractivity contribution in [2.75, 3.05) is 26.4 Å². The third kappa shape index (κ3) is 8.54. The predicted octanol–water partition coefficient (Wildman–Crippen LogP) is -1.50. The van der Waals surface area contributed by atoms with Crippen molar-refractivity contribution in [2.45, 2.75) is 247 Å². The molecule has 2 bridgehead atoms. The highest BCUT2D eigenvalue weighted by Crippen LogP contribution is 2.80. The third-order valence-electron chi connectivity index (χ3n) is 22.3. The zero-order valence-corrected chi connectivity index (χ0v) is 44.3. The van der Waals surface area contributed by atoms with Crippen LogP contribution in [0.2, 0.25) is 0 Å². The lowest BCUT2D eigenvalue weighted by molar-refractivity contribution is -0.399. The van der Waals surface area contributed by atoms with Crippen LogP contribution in [0.1, 0.15) is 113 Å². The number of aliphatic hydroxyl groups is 12. The maximum absolute atomic E-state index is 12.6. The number of carbonyl (C=O) groups excluding carboxylic acids is 1. The molecule has 0 aromatic rings. The van der Waals surface area contributed by atoms with Crippen LogP contribution in [0, 0.1) is 50.2 Å². The van der Waals surface area contributed by atoms with Gasteiger partial charge in [0.25, 0.3) is 0 Å². The first kappa shape index (κ1) is 57.1. The third-order valence-corrected chi connectivity index (χ3v) is 22.3. The number of carbonyl (C=O) groups is 1. The molecule has 10 fully saturated rings. The van der Waals surface area contributed by atoms with E-state index in [0.29, 0.717) is 25.9 Å². The molecule has 1 spiro atoms. The van der Waals surface area contributed by atoms with E-state index in [-0.39, 0.29) is 46.0 Å². The average Bonchev–Trinajstić information content (AvgIpc) is 3.86. The Kier molecular flexibility index (Phi) is 15.3. The fraction of sp³-hybridized carbons (Fsp3) is 0.981. The Labute approximate surface area is 437 Å². The van der Waals surface area contributed by atoms with Crippen LogP contribution in [0.5, 0.6) is 0 Å². The van der Waals surface area contributed by atoms with Gasteiger partial charge in [0, 0.05) is 16.2 Å². The molecule has 430 valence electrons. The topological polar surface area (TPSA) is 343 Å². The van der Waals surface area contributed by atoms with Gasteiger partial charge in [-0.05, 0) is 105 Å². The lowest BCUT2D eigenvalue weighted by Crippen LogP contribution is -2.74. The molecule has 25 unspecified atom stereocenters. The molecule has 0 radical (unpaired) electrons. The summed E-state index contributed by atoms with van der Waals surface area (Å²) >= 11 is 0. The number of hydrogen-bond donors (Lipinski definition) is 12. The lowest BCUT2D eigenvalue weighted by Gasteiger charge is -2.75. The minimum absolute atomic E-state index is 0.0670. The fourth-order valence-corrected chi connectivity index (χ4v) is 17.6. The molecular weight excluding hydrogens is 989 g/mol. The zero-order valence-electron chi connectivity index (χ0n) is 44.3. The maximum atomic E-state index is 12.6. The lowest BCUT2D eigenvalue weighted by atomic mass is 9.30. The highest BCUT2D eigenvalue weighted by Gasteiger charge is 2.80. The van der Waals surface area contributed by atoms with Crippen LogP contribution < -0.4 is 0 Å². The summed E-state index contributed by atoms with van der Waals surface area (Å²) in [6.45, 7) is 13.6. The normalized spacial score (nSPS) is 58.5. The van der Waals surface area contributed by atoms with E-state index in [1.165, 1.54) is 6.92 Å². The highest BCUT2D eigenvalue weighted by atomic mass is 16.8. The number of aldehydes is 1. The minimum Gasteiger partial charge on any atom is -0.394 e. The second-order valence-corrected chi connectivity index (χ2v) is 26.2. The van der Waals surface area contributed by atoms with Crippen molar-refractivity contribution in [3.63, 3.8) is 0 Å². The van der Waals surface area contributed by atoms with E-state index in [2.05, 4.69) is 41.5 Å². The van der Waals surface area contributed by atoms with Crippen molar-refractivity contribution in [1.29, 1.82) is 0 Å². The molecule has 22 heteroatoms. The summed E-state index contributed by atoms with van der Waals surface area (Å²) in [5, 5.41) is 131. The molecule has 30 atom stereocenters. The molecule has 5 saturated heterocycles. The molecule has 10 rings (SSSR count). The van der Waals surface area contributed by atoms with E-state index in [1.54, 1.807) is 0 Å². The monoisotopic (exact) mass is 1070 g/mol. The number of rotatable bonds is 11. The first-order valence-electron chi connectivity index (χ1n) is 27.5. The van der Waals surface area contributed by atoms with Crippen molar-refractivity contribution >= 4 is 6.29 Å². The quantitative estimate of drug-likeness (QED) is 0.0827. The fourth-order valence-electron chi connectivity index (χ4n) is 17.6. The van der Waals surface area contributed by atoms with Gasteiger partial charge in [-0.1, -0.05) is 41.5 Å². The van der Waals surface area contributed by atoms with Gasteiger partial charge in [0.15, 0.2) is 25.2 Å². The molecule has 0 aromatic carbocycles. The largest absolute Gasteiger partial charge is 0.394 e. The van der Waals surface area contributed by atoms with E-state index in [9.17, 15) is 66.1 Å². The summed E-state index contributed by atoms with van der Waals surface area (Å²) in [7, 11) is 0. The van der Waals surface area contributed by atoms with Crippen LogP contribution in [0.3, 0.4) is 0 Å². The number of ether oxygens (including phenoxy) is 9. The Morgan fingerprint density at radius 1 is 0.560 bits per heavy atom. The van der Waals surface area contributed by atoms with Crippen LogP contribution in [-0.4, -0.2) is 229 Å². The van der Waals surface area contributed by atoms with Crippen LogP contribution in [-0.2, 0) is 47.4 Å². The van der Waals surface area contributed by atoms with Crippen LogP contribution in [0.25, 0.3) is 0 Å². The molecule has 5 saturated carbocycles. The van der Waals surface area contributed by atoms with E-state index in [4.69, 9.17) is 42.6 Å². The van der Waals surface area contributed by atoms with Crippen LogP contribution >= 0.6 is 0 Å². The Morgan fingerprint density at radius 3 is 1.83 bits per heavy atom. The molecule has 0 amide bonds. The first-order valence-corrected chi connectivity index (χ1v) is 27.5. The van der Waals surface area contributed by atoms with Gasteiger partial charge in [-0.2, -0.15) is 0 Å². The standard InChI is InChI=1S/C53H86O22/c1-23-32(58)36(62)39(65)43(69-23)72-26-20-67-45(41(35(26)61)75-46-42(38(64)34(60)25(19-55)71-46)74-44-40(66)37(63)33(59)24(18-54)70-44)73-31-10-11-49(5)27(47(31,2)3)8-12-50(6)28(49)9-13-53-29-16-48(4,21-56)14-15-52(29,22-68-53)30(57)17-51(50,53)7/h21,23-46,54-55,57-66H,8-20,22H2,1-7H3/t23?,24?,25?,26?,27?,28?,29?,30-,31?,32?,33?,34?,35?,36?,37?,38?,39?,40?,41?,42?,43?,44?,45?,46?,48+,49+,50-,51+,52?,53?/m1/s1. The van der Waals surface area contributed by atoms with Crippen LogP contribution in [0.4, 0.5) is 0 Å². The SMILES string of the molecule is CC1OC(OC2COC(OC3CC[C@@]4(C)C(CC[C@]5(C)C4CCC46OCC7(CC[C@](C)(C=O)CC74)[C@H](O)C[C@]65C)C3(C)C)C(OC3OC(CO)C(O)C(O)C3OC3OC(CO)C(O)C(O)C3O)C2O)C(O)C(O)C1O. The van der Waals surface area contributed by atoms with E-state index in [1.807, 2.05) is 0 Å². The van der Waals surface area contributed by atoms with E-state index in [0.717, 1.165) is 51.2 Å². The zero-order chi connectivity index (χ0) is 54.3. The van der Waals surface area contributed by atoms with Gasteiger partial charge in [0.1, 0.15) is 91.7 Å². The van der Waals surface area contributed by atoms with Gasteiger partial charge in [-0.25, -0.2) is 0 Å². The summed E-state index contributed by atoms with van der Waals surface area (Å²) < 4.78 is 56.5. The molecule has 75 heavy (non-hydrogen) atoms. The summed E-state index contributed by atoms with van der Waals surface area (Å²) in [5.74, 6) is 0.427. The van der Waals surface area contributed by atoms with Gasteiger partial charge in [0.05, 0.1) is 50.3 Å². The minimum atomic E-state index is -1.95. The van der Waals surface area contributed by atoms with Crippen molar-refractivity contribution in [1.82, 2.24) is 0 Å². The Balaban J connectivity index is 0.925. The average molecular weight is 1080 g/mol. The number of fused-ring (bicyclic) bond motifs is 4. The van der Waals surface area contributed by atoms with Crippen LogP contribution in [0.15, 0.2) is 0 Å². The summed E-state index contributed by atoms with van der Waals surface area (Å²) in [6, 6.07) is 0. The first-order chi connectivity index (χ1) is 35.2. The smallest absolute Gasteiger partial charge is 0.187 e. The molecule has 22 nitrogen and oxygen atoms in total. The van der Waals surface area contributed by atoms with Gasteiger partial charge in [-0.3, -0.25) is 0 Å². The molecular formula is C53H86O22. The van der Waals surface area contributed by atoms with Gasteiger partial charge in [0.2, 0.25) is 0 Å². The van der Waals surface area contributed by atoms with Crippen molar-refractivity contribution in [2.24, 2.45) is 50.2 Å². The molecule has 5 aliphatic heterocycles. The summed E-state index contributed by atoms with van der Waals surface area (Å²) in [4.78, 5) is 12.6. The Morgan fingerprint density at radius 2 is 1.16 bits per heavy atom. The van der Waals surface area contributed by atoms with Crippen molar-refractivity contribution in [3.8, 4) is 0 Å². The second-order valence-electron chi connectivity index (χ2n) is 26.2. The molecule has 12 N–H and O–H groups in total. The number of hydrogen-bond acceptors (Lipinski definition) is 22. The molecule has 5 heterocycles. The summed E-state index contributed by atoms with van der Waals surface area (Å²) in [6.07, 6.45) is -23.6. The number of aliphatic hydroxyl groups excluding tert-OH is 12. The van der Waals surface area contributed by atoms with Gasteiger partial charge >= 0.3 is 0 Å². The van der Waals surface area contributed by atoms with Crippen molar-refractivity contribution < 1.29 is 109 Å². The molecule has 10 aliphatic rings. The molecule has 0 aromatic heterocycles. The predicted molar refractivity (Wildman–Crippen MR) is 255 cm³/mol. The van der Waals surface area contributed by atoms with E-state index >= 15 is 0 Å². The van der Waals surface area contributed by atoms with E-state index < -0.39 is 159 Å². The van der Waals surface area contributed by atoms with Crippen molar-refractivity contribution in [3.05, 3.63) is 0 Å². The molecule has 5 aliphatic carbocycles. The summed E-state index contributed by atoms with van der Waals surface area (Å²) in [5.41, 5.74) is -2.63. The maximum Gasteiger partial charge on any atom is 0.187 e. The Hall–Kier alpha value is -1.17. The Bertz CT molecular complexity index is 2050.